The van der Waals surface area contributed by atoms with Crippen molar-refractivity contribution in [3.05, 3.63) is 76.8 Å². The van der Waals surface area contributed by atoms with Crippen LogP contribution in [0.4, 0.5) is 8.78 Å². The highest BCUT2D eigenvalue weighted by atomic mass is 19.3. The first-order valence-electron chi connectivity index (χ1n) is 9.02. The number of nitrogens with one attached hydrogen (secondary N) is 1. The molecule has 29 heavy (non-hydrogen) atoms. The highest BCUT2D eigenvalue weighted by Crippen LogP contribution is 2.25. The van der Waals surface area contributed by atoms with Crippen molar-refractivity contribution in [3.63, 3.8) is 0 Å². The van der Waals surface area contributed by atoms with Gasteiger partial charge in [-0.2, -0.15) is 8.78 Å². The third-order valence-corrected chi connectivity index (χ3v) is 4.70. The molecule has 0 fully saturated rings. The number of fused-ring (bicyclic) bond motifs is 1. The molecule has 0 aliphatic carbocycles. The van der Waals surface area contributed by atoms with Crippen LogP contribution < -0.4 is 16.9 Å². The number of nitrogens with zero attached hydrogens (tertiary/aromatic N) is 3. The lowest BCUT2D eigenvalue weighted by molar-refractivity contribution is 0.116. The van der Waals surface area contributed by atoms with E-state index in [9.17, 15) is 8.78 Å². The maximum absolute atomic E-state index is 12.6. The van der Waals surface area contributed by atoms with Crippen LogP contribution in [-0.4, -0.2) is 15.2 Å². The lowest BCUT2D eigenvalue weighted by Gasteiger charge is -2.16. The van der Waals surface area contributed by atoms with Crippen molar-refractivity contribution in [1.29, 1.82) is 0 Å². The average Bonchev–Trinajstić information content (AvgIpc) is 3.38. The quantitative estimate of drug-likeness (QED) is 0.433. The van der Waals surface area contributed by atoms with Crippen LogP contribution in [0.3, 0.4) is 0 Å². The molecule has 0 spiro atoms. The van der Waals surface area contributed by atoms with E-state index in [2.05, 4.69) is 21.6 Å². The molecule has 3 aromatic rings. The van der Waals surface area contributed by atoms with E-state index < -0.39 is 12.3 Å². The summed E-state index contributed by atoms with van der Waals surface area (Å²) in [4.78, 5) is 0. The van der Waals surface area contributed by atoms with Crippen LogP contribution in [0.1, 0.15) is 34.6 Å². The van der Waals surface area contributed by atoms with Crippen molar-refractivity contribution in [1.82, 2.24) is 20.5 Å². The van der Waals surface area contributed by atoms with Crippen molar-refractivity contribution >= 4 is 5.70 Å². The maximum atomic E-state index is 12.6. The highest BCUT2D eigenvalue weighted by Gasteiger charge is 2.17. The molecule has 0 saturated carbocycles. The van der Waals surface area contributed by atoms with Crippen molar-refractivity contribution in [2.45, 2.75) is 26.1 Å². The van der Waals surface area contributed by atoms with Gasteiger partial charge in [-0.25, -0.2) is 5.84 Å². The van der Waals surface area contributed by atoms with Crippen molar-refractivity contribution in [3.8, 4) is 11.5 Å². The summed E-state index contributed by atoms with van der Waals surface area (Å²) in [7, 11) is 0. The van der Waals surface area contributed by atoms with Crippen molar-refractivity contribution in [2.24, 2.45) is 11.6 Å². The van der Waals surface area contributed by atoms with Gasteiger partial charge in [-0.1, -0.05) is 30.3 Å². The van der Waals surface area contributed by atoms with Crippen LogP contribution in [0.2, 0.25) is 0 Å². The lowest BCUT2D eigenvalue weighted by atomic mass is 10.0. The van der Waals surface area contributed by atoms with Gasteiger partial charge < -0.3 is 20.5 Å². The Morgan fingerprint density at radius 3 is 2.69 bits per heavy atom. The molecule has 9 heteroatoms. The molecule has 4 rings (SSSR count). The summed E-state index contributed by atoms with van der Waals surface area (Å²) in [5, 5.41) is 11.8. The summed E-state index contributed by atoms with van der Waals surface area (Å²) >= 11 is 0. The second-order valence-electron chi connectivity index (χ2n) is 6.75. The summed E-state index contributed by atoms with van der Waals surface area (Å²) in [6.07, 6.45) is -1.09. The second-order valence-corrected chi connectivity index (χ2v) is 6.75. The number of rotatable bonds is 6. The molecule has 0 amide bonds. The maximum Gasteiger partial charge on any atom is 0.314 e. The molecule has 1 aliphatic rings. The summed E-state index contributed by atoms with van der Waals surface area (Å²) in [5.74, 6) is 5.47. The zero-order chi connectivity index (χ0) is 20.4. The zero-order valence-corrected chi connectivity index (χ0v) is 15.5. The normalized spacial score (nSPS) is 13.7. The third kappa shape index (κ3) is 4.10. The van der Waals surface area contributed by atoms with Gasteiger partial charge in [-0.05, 0) is 28.8 Å². The SMILES string of the molecule is N/C(=C\N(N)Cc1ccc(-c2nnc(C(F)F)o2)cc1)c1cccc2c1CNC2. The molecule has 2 aromatic carbocycles. The number of hydrogen-bond donors (Lipinski definition) is 3. The van der Waals surface area contributed by atoms with Crippen LogP contribution in [0, 0.1) is 0 Å². The Kier molecular flexibility index (Phi) is 5.24. The summed E-state index contributed by atoms with van der Waals surface area (Å²) in [5.41, 5.74) is 11.7. The summed E-state index contributed by atoms with van der Waals surface area (Å²) in [6, 6.07) is 13.1. The van der Waals surface area contributed by atoms with E-state index in [0.29, 0.717) is 17.8 Å². The lowest BCUT2D eigenvalue weighted by Crippen LogP contribution is -2.25. The highest BCUT2D eigenvalue weighted by molar-refractivity contribution is 5.67. The number of aromatic nitrogens is 2. The molecule has 7 nitrogen and oxygen atoms in total. The predicted molar refractivity (Wildman–Crippen MR) is 104 cm³/mol. The fourth-order valence-electron chi connectivity index (χ4n) is 3.30. The fraction of sp³-hybridized carbons (Fsp3) is 0.200. The standard InChI is InChI=1S/C20H20F2N6O/c21-18(22)20-27-26-19(29-20)13-6-4-12(5-7-13)10-28(24)11-17(23)15-3-1-2-14-8-25-9-16(14)15/h1-7,11,18,25H,8-10,23-24H2/b17-11-. The third-order valence-electron chi connectivity index (χ3n) is 4.70. The largest absolute Gasteiger partial charge is 0.415 e. The van der Waals surface area contributed by atoms with E-state index in [4.69, 9.17) is 16.0 Å². The van der Waals surface area contributed by atoms with Gasteiger partial charge in [0.25, 0.3) is 5.89 Å². The topological polar surface area (TPSA) is 106 Å². The van der Waals surface area contributed by atoms with Gasteiger partial charge in [-0.3, -0.25) is 0 Å². The van der Waals surface area contributed by atoms with Crippen LogP contribution in [-0.2, 0) is 19.6 Å². The Morgan fingerprint density at radius 2 is 1.97 bits per heavy atom. The predicted octanol–water partition coefficient (Wildman–Crippen LogP) is 2.91. The summed E-state index contributed by atoms with van der Waals surface area (Å²) < 4.78 is 30.1. The first kappa shape index (κ1) is 19.0. The Morgan fingerprint density at radius 1 is 1.17 bits per heavy atom. The molecule has 150 valence electrons. The van der Waals surface area contributed by atoms with Crippen LogP contribution in [0.15, 0.2) is 53.1 Å². The first-order valence-corrected chi connectivity index (χ1v) is 9.02. The van der Waals surface area contributed by atoms with Gasteiger partial charge in [0.05, 0.1) is 12.2 Å². The fourth-order valence-corrected chi connectivity index (χ4v) is 3.30. The van der Waals surface area contributed by atoms with E-state index in [-0.39, 0.29) is 5.89 Å². The minimum absolute atomic E-state index is 0.0483. The Hall–Kier alpha value is -3.30. The van der Waals surface area contributed by atoms with Gasteiger partial charge in [0.2, 0.25) is 5.89 Å². The number of alkyl halides is 2. The van der Waals surface area contributed by atoms with Gasteiger partial charge in [-0.15, -0.1) is 10.2 Å². The van der Waals surface area contributed by atoms with E-state index in [1.54, 1.807) is 18.3 Å². The summed E-state index contributed by atoms with van der Waals surface area (Å²) in [6.45, 7) is 2.05. The zero-order valence-electron chi connectivity index (χ0n) is 15.5. The van der Waals surface area contributed by atoms with Gasteiger partial charge in [0.15, 0.2) is 0 Å². The van der Waals surface area contributed by atoms with E-state index in [1.807, 2.05) is 24.3 Å². The van der Waals surface area contributed by atoms with E-state index in [0.717, 1.165) is 24.2 Å². The van der Waals surface area contributed by atoms with Crippen molar-refractivity contribution in [2.75, 3.05) is 0 Å². The Labute approximate surface area is 166 Å². The minimum atomic E-state index is -2.79. The molecule has 0 atom stereocenters. The average molecular weight is 398 g/mol. The molecule has 0 saturated heterocycles. The van der Waals surface area contributed by atoms with Gasteiger partial charge in [0, 0.05) is 30.4 Å². The van der Waals surface area contributed by atoms with Crippen LogP contribution in [0.25, 0.3) is 17.2 Å². The molecule has 2 heterocycles. The Bertz CT molecular complexity index is 1030. The number of benzene rings is 2. The van der Waals surface area contributed by atoms with Crippen LogP contribution >= 0.6 is 0 Å². The first-order chi connectivity index (χ1) is 14.0. The van der Waals surface area contributed by atoms with Crippen molar-refractivity contribution < 1.29 is 13.2 Å². The number of hydrogen-bond acceptors (Lipinski definition) is 7. The van der Waals surface area contributed by atoms with Gasteiger partial charge >= 0.3 is 6.43 Å². The second kappa shape index (κ2) is 7.98. The molecule has 0 bridgehead atoms. The monoisotopic (exact) mass is 398 g/mol. The number of nitrogens with two attached hydrogens (primary N) is 2. The minimum Gasteiger partial charge on any atom is -0.415 e. The molecule has 5 N–H and O–H groups in total. The van der Waals surface area contributed by atoms with Crippen LogP contribution in [0.5, 0.6) is 0 Å². The number of hydrazine groups is 1. The molecular formula is C20H20F2N6O. The smallest absolute Gasteiger partial charge is 0.314 e. The molecule has 0 radical (unpaired) electrons. The Balaban J connectivity index is 1.45. The number of halogens is 2. The molecule has 0 unspecified atom stereocenters. The van der Waals surface area contributed by atoms with E-state index >= 15 is 0 Å². The van der Waals surface area contributed by atoms with E-state index in [1.165, 1.54) is 16.1 Å². The molecular weight excluding hydrogens is 378 g/mol. The molecule has 1 aromatic heterocycles. The van der Waals surface area contributed by atoms with Gasteiger partial charge in [0.1, 0.15) is 0 Å². The molecule has 1 aliphatic heterocycles.